The first-order valence-electron chi connectivity index (χ1n) is 6.29. The monoisotopic (exact) mass is 372 g/mol. The number of benzene rings is 1. The molecular weight excluding hydrogens is 356 g/mol. The highest BCUT2D eigenvalue weighted by molar-refractivity contribution is 9.10. The van der Waals surface area contributed by atoms with Crippen molar-refractivity contribution in [2.24, 2.45) is 0 Å². The standard InChI is InChI=1S/C14H17BrN2O3S/c1-9-4-5-10(2)14(13(9)16)21(18,19)17(3)8-11-6-7-12(15)20-11/h4-7H,8,16H2,1-3H3. The molecule has 2 rings (SSSR count). The van der Waals surface area contributed by atoms with Gasteiger partial charge in [-0.1, -0.05) is 12.1 Å². The van der Waals surface area contributed by atoms with E-state index in [9.17, 15) is 8.42 Å². The fourth-order valence-corrected chi connectivity index (χ4v) is 3.91. The molecule has 0 fully saturated rings. The lowest BCUT2D eigenvalue weighted by molar-refractivity contribution is 0.398. The molecule has 0 amide bonds. The van der Waals surface area contributed by atoms with Crippen LogP contribution in [0.2, 0.25) is 0 Å². The van der Waals surface area contributed by atoms with Gasteiger partial charge in [-0.3, -0.25) is 0 Å². The Hall–Kier alpha value is -1.31. The Morgan fingerprint density at radius 1 is 1.19 bits per heavy atom. The SMILES string of the molecule is Cc1ccc(C)c(S(=O)(=O)N(C)Cc2ccc(Br)o2)c1N. The topological polar surface area (TPSA) is 76.5 Å². The van der Waals surface area contributed by atoms with Gasteiger partial charge in [-0.25, -0.2) is 8.42 Å². The average Bonchev–Trinajstić information content (AvgIpc) is 2.79. The molecule has 5 nitrogen and oxygen atoms in total. The van der Waals surface area contributed by atoms with Gasteiger partial charge in [0.1, 0.15) is 10.7 Å². The van der Waals surface area contributed by atoms with Crippen LogP contribution in [0.1, 0.15) is 16.9 Å². The molecule has 1 aromatic carbocycles. The summed E-state index contributed by atoms with van der Waals surface area (Å²) in [4.78, 5) is 0.163. The Morgan fingerprint density at radius 3 is 2.38 bits per heavy atom. The van der Waals surface area contributed by atoms with Crippen LogP contribution in [0.15, 0.2) is 38.2 Å². The zero-order valence-corrected chi connectivity index (χ0v) is 14.5. The predicted molar refractivity (Wildman–Crippen MR) is 85.4 cm³/mol. The van der Waals surface area contributed by atoms with Gasteiger partial charge in [-0.15, -0.1) is 0 Å². The van der Waals surface area contributed by atoms with Gasteiger partial charge in [0.15, 0.2) is 4.67 Å². The zero-order valence-electron chi connectivity index (χ0n) is 12.1. The van der Waals surface area contributed by atoms with Crippen LogP contribution >= 0.6 is 15.9 Å². The van der Waals surface area contributed by atoms with Gasteiger partial charge in [0, 0.05) is 7.05 Å². The summed E-state index contributed by atoms with van der Waals surface area (Å²) in [6.07, 6.45) is 0. The fraction of sp³-hybridized carbons (Fsp3) is 0.286. The zero-order chi connectivity index (χ0) is 15.8. The van der Waals surface area contributed by atoms with Crippen molar-refractivity contribution in [1.82, 2.24) is 4.31 Å². The summed E-state index contributed by atoms with van der Waals surface area (Å²) in [6.45, 7) is 3.66. The number of furan rings is 1. The fourth-order valence-electron chi connectivity index (χ4n) is 2.05. The first-order valence-corrected chi connectivity index (χ1v) is 8.53. The minimum absolute atomic E-state index is 0.140. The lowest BCUT2D eigenvalue weighted by Gasteiger charge is -2.19. The van der Waals surface area contributed by atoms with E-state index in [1.165, 1.54) is 11.4 Å². The summed E-state index contributed by atoms with van der Waals surface area (Å²) in [5.74, 6) is 0.553. The van der Waals surface area contributed by atoms with Gasteiger partial charge in [0.05, 0.1) is 12.2 Å². The van der Waals surface area contributed by atoms with Gasteiger partial charge in [0.25, 0.3) is 0 Å². The van der Waals surface area contributed by atoms with E-state index in [-0.39, 0.29) is 11.4 Å². The van der Waals surface area contributed by atoms with Crippen LogP contribution in [0.25, 0.3) is 0 Å². The van der Waals surface area contributed by atoms with Gasteiger partial charge < -0.3 is 10.2 Å². The molecule has 0 aliphatic heterocycles. The molecule has 0 bridgehead atoms. The number of nitrogen functional groups attached to an aromatic ring is 1. The molecule has 0 spiro atoms. The number of nitrogens with two attached hydrogens (primary N) is 1. The number of hydrogen-bond donors (Lipinski definition) is 1. The summed E-state index contributed by atoms with van der Waals surface area (Å²) in [7, 11) is -2.17. The molecule has 1 heterocycles. The van der Waals surface area contributed by atoms with Crippen molar-refractivity contribution in [1.29, 1.82) is 0 Å². The van der Waals surface area contributed by atoms with Crippen molar-refractivity contribution in [2.45, 2.75) is 25.3 Å². The van der Waals surface area contributed by atoms with Gasteiger partial charge in [0.2, 0.25) is 10.0 Å². The smallest absolute Gasteiger partial charge is 0.245 e. The maximum absolute atomic E-state index is 12.7. The van der Waals surface area contributed by atoms with Crippen molar-refractivity contribution < 1.29 is 12.8 Å². The van der Waals surface area contributed by atoms with E-state index >= 15 is 0 Å². The number of anilines is 1. The Bertz CT molecular complexity index is 769. The van der Waals surface area contributed by atoms with E-state index in [1.807, 2.05) is 6.07 Å². The average molecular weight is 373 g/mol. The number of halogens is 1. The normalized spacial score (nSPS) is 12.0. The third-order valence-electron chi connectivity index (χ3n) is 3.29. The van der Waals surface area contributed by atoms with Gasteiger partial charge in [-0.2, -0.15) is 4.31 Å². The van der Waals surface area contributed by atoms with Crippen LogP contribution in [0.5, 0.6) is 0 Å². The molecule has 0 saturated carbocycles. The van der Waals surface area contributed by atoms with E-state index < -0.39 is 10.0 Å². The number of aryl methyl sites for hydroxylation is 2. The number of sulfonamides is 1. The Kier molecular flexibility index (Phi) is 4.46. The van der Waals surface area contributed by atoms with Crippen LogP contribution in [-0.2, 0) is 16.6 Å². The highest BCUT2D eigenvalue weighted by Gasteiger charge is 2.26. The summed E-state index contributed by atoms with van der Waals surface area (Å²) < 4.78 is 32.6. The van der Waals surface area contributed by atoms with Crippen molar-refractivity contribution in [3.05, 3.63) is 45.8 Å². The lowest BCUT2D eigenvalue weighted by atomic mass is 10.1. The molecule has 7 heteroatoms. The molecule has 114 valence electrons. The largest absolute Gasteiger partial charge is 0.453 e. The van der Waals surface area contributed by atoms with E-state index in [2.05, 4.69) is 15.9 Å². The predicted octanol–water partition coefficient (Wildman–Crippen LogP) is 3.06. The summed E-state index contributed by atoms with van der Waals surface area (Å²) in [5, 5.41) is 0. The van der Waals surface area contributed by atoms with E-state index in [1.54, 1.807) is 32.0 Å². The number of hydrogen-bond acceptors (Lipinski definition) is 4. The van der Waals surface area contributed by atoms with Gasteiger partial charge in [-0.05, 0) is 53.0 Å². The van der Waals surface area contributed by atoms with Crippen LogP contribution < -0.4 is 5.73 Å². The van der Waals surface area contributed by atoms with E-state index in [0.29, 0.717) is 21.7 Å². The summed E-state index contributed by atoms with van der Waals surface area (Å²) >= 11 is 3.20. The Balaban J connectivity index is 2.40. The molecule has 0 radical (unpaired) electrons. The third-order valence-corrected chi connectivity index (χ3v) is 5.72. The summed E-state index contributed by atoms with van der Waals surface area (Å²) in [6, 6.07) is 7.02. The highest BCUT2D eigenvalue weighted by atomic mass is 79.9. The molecule has 2 aromatic rings. The maximum atomic E-state index is 12.7. The maximum Gasteiger partial charge on any atom is 0.245 e. The molecule has 0 atom stereocenters. The Labute approximate surface area is 132 Å². The van der Waals surface area contributed by atoms with Gasteiger partial charge >= 0.3 is 0 Å². The molecule has 0 unspecified atom stereocenters. The molecular formula is C14H17BrN2O3S. The minimum atomic E-state index is -3.68. The van der Waals surface area contributed by atoms with Crippen LogP contribution in [0, 0.1) is 13.8 Å². The second-order valence-corrected chi connectivity index (χ2v) is 7.67. The van der Waals surface area contributed by atoms with E-state index in [0.717, 1.165) is 5.56 Å². The van der Waals surface area contributed by atoms with Crippen molar-refractivity contribution in [3.8, 4) is 0 Å². The first kappa shape index (κ1) is 16.1. The van der Waals surface area contributed by atoms with E-state index in [4.69, 9.17) is 10.2 Å². The second-order valence-electron chi connectivity index (χ2n) is 4.91. The second kappa shape index (κ2) is 5.82. The van der Waals surface area contributed by atoms with Crippen LogP contribution in [0.4, 0.5) is 5.69 Å². The lowest BCUT2D eigenvalue weighted by Crippen LogP contribution is -2.28. The number of nitrogens with zero attached hydrogens (tertiary/aromatic N) is 1. The Morgan fingerprint density at radius 2 is 1.81 bits per heavy atom. The first-order chi connectivity index (χ1) is 9.73. The molecule has 0 aliphatic rings. The minimum Gasteiger partial charge on any atom is -0.453 e. The van der Waals surface area contributed by atoms with Crippen molar-refractivity contribution >= 4 is 31.6 Å². The molecule has 21 heavy (non-hydrogen) atoms. The molecule has 2 N–H and O–H groups in total. The third kappa shape index (κ3) is 3.14. The van der Waals surface area contributed by atoms with Crippen molar-refractivity contribution in [2.75, 3.05) is 12.8 Å². The quantitative estimate of drug-likeness (QED) is 0.836. The number of rotatable bonds is 4. The summed E-state index contributed by atoms with van der Waals surface area (Å²) in [5.41, 5.74) is 7.64. The van der Waals surface area contributed by atoms with Crippen molar-refractivity contribution in [3.63, 3.8) is 0 Å². The van der Waals surface area contributed by atoms with Crippen LogP contribution in [-0.4, -0.2) is 19.8 Å². The molecule has 1 aromatic heterocycles. The van der Waals surface area contributed by atoms with Crippen LogP contribution in [0.3, 0.4) is 0 Å². The highest BCUT2D eigenvalue weighted by Crippen LogP contribution is 2.29. The molecule has 0 aliphatic carbocycles. The molecule has 0 saturated heterocycles.